The second-order valence-corrected chi connectivity index (χ2v) is 3.62. The lowest BCUT2D eigenvalue weighted by Crippen LogP contribution is -2.35. The van der Waals surface area contributed by atoms with E-state index >= 15 is 0 Å². The Balaban J connectivity index is 3.12. The zero-order valence-corrected chi connectivity index (χ0v) is 8.20. The van der Waals surface area contributed by atoms with Crippen molar-refractivity contribution in [2.45, 2.75) is 12.3 Å². The minimum Gasteiger partial charge on any atom is -0.395 e. The largest absolute Gasteiger partial charge is 0.395 e. The summed E-state index contributed by atoms with van der Waals surface area (Å²) in [6.45, 7) is 2.22. The lowest BCUT2D eigenvalue weighted by Gasteiger charge is -2.25. The fraction of sp³-hybridized carbons (Fsp3) is 0.364. The third kappa shape index (κ3) is 1.92. The van der Waals surface area contributed by atoms with E-state index < -0.39 is 5.41 Å². The molecule has 3 heteroatoms. The van der Waals surface area contributed by atoms with Crippen LogP contribution in [0, 0.1) is 11.3 Å². The summed E-state index contributed by atoms with van der Waals surface area (Å²) in [5.41, 5.74) is 6.64. The predicted octanol–water partition coefficient (Wildman–Crippen LogP) is 0.767. The van der Waals surface area contributed by atoms with Gasteiger partial charge in [-0.1, -0.05) is 19.1 Å². The molecule has 0 saturated heterocycles. The summed E-state index contributed by atoms with van der Waals surface area (Å²) in [4.78, 5) is 0. The Morgan fingerprint density at radius 1 is 1.57 bits per heavy atom. The first-order valence-electron chi connectivity index (χ1n) is 4.48. The van der Waals surface area contributed by atoms with Crippen LogP contribution < -0.4 is 5.73 Å². The predicted molar refractivity (Wildman–Crippen MR) is 54.6 cm³/mol. The van der Waals surface area contributed by atoms with E-state index in [1.807, 2.05) is 13.0 Å². The number of aliphatic hydroxyl groups excluding tert-OH is 1. The van der Waals surface area contributed by atoms with E-state index in [1.165, 1.54) is 0 Å². The average Bonchev–Trinajstić information content (AvgIpc) is 2.28. The Morgan fingerprint density at radius 3 is 2.79 bits per heavy atom. The van der Waals surface area contributed by atoms with Gasteiger partial charge in [-0.15, -0.1) is 0 Å². The lowest BCUT2D eigenvalue weighted by atomic mass is 9.83. The minimum atomic E-state index is -0.452. The molecule has 74 valence electrons. The fourth-order valence-corrected chi connectivity index (χ4v) is 1.24. The lowest BCUT2D eigenvalue weighted by molar-refractivity contribution is 0.210. The smallest absolute Gasteiger partial charge is 0.0991 e. The molecule has 1 atom stereocenters. The number of aliphatic hydroxyl groups is 1. The highest BCUT2D eigenvalue weighted by atomic mass is 16.3. The Labute approximate surface area is 83.8 Å². The highest BCUT2D eigenvalue weighted by Crippen LogP contribution is 2.22. The first kappa shape index (κ1) is 10.7. The summed E-state index contributed by atoms with van der Waals surface area (Å²) >= 11 is 0. The van der Waals surface area contributed by atoms with Crippen LogP contribution in [-0.2, 0) is 5.41 Å². The van der Waals surface area contributed by atoms with Gasteiger partial charge in [-0.05, 0) is 17.7 Å². The summed E-state index contributed by atoms with van der Waals surface area (Å²) in [6, 6.07) is 9.25. The fourth-order valence-electron chi connectivity index (χ4n) is 1.24. The maximum Gasteiger partial charge on any atom is 0.0991 e. The van der Waals surface area contributed by atoms with E-state index in [4.69, 9.17) is 11.0 Å². The van der Waals surface area contributed by atoms with Crippen molar-refractivity contribution in [3.8, 4) is 6.07 Å². The van der Waals surface area contributed by atoms with Crippen LogP contribution in [0.3, 0.4) is 0 Å². The molecule has 0 amide bonds. The zero-order valence-electron chi connectivity index (χ0n) is 8.20. The van der Waals surface area contributed by atoms with Gasteiger partial charge in [-0.25, -0.2) is 0 Å². The van der Waals surface area contributed by atoms with Gasteiger partial charge in [0.15, 0.2) is 0 Å². The molecule has 1 rings (SSSR count). The zero-order chi connectivity index (χ0) is 10.6. The van der Waals surface area contributed by atoms with Gasteiger partial charge in [0.1, 0.15) is 0 Å². The van der Waals surface area contributed by atoms with Crippen molar-refractivity contribution >= 4 is 0 Å². The van der Waals surface area contributed by atoms with Crippen molar-refractivity contribution in [2.24, 2.45) is 5.73 Å². The van der Waals surface area contributed by atoms with E-state index in [2.05, 4.69) is 6.07 Å². The van der Waals surface area contributed by atoms with Gasteiger partial charge in [0.05, 0.1) is 18.2 Å². The highest BCUT2D eigenvalue weighted by molar-refractivity contribution is 5.36. The van der Waals surface area contributed by atoms with E-state index in [1.54, 1.807) is 18.2 Å². The Bertz CT molecular complexity index is 351. The molecule has 14 heavy (non-hydrogen) atoms. The van der Waals surface area contributed by atoms with Crippen LogP contribution in [0.25, 0.3) is 0 Å². The Hall–Kier alpha value is -1.37. The third-order valence-corrected chi connectivity index (χ3v) is 2.49. The molecule has 0 spiro atoms. The van der Waals surface area contributed by atoms with Crippen LogP contribution in [-0.4, -0.2) is 18.3 Å². The molecular weight excluding hydrogens is 176 g/mol. The molecule has 0 aliphatic carbocycles. The molecule has 0 bridgehead atoms. The molecule has 0 fully saturated rings. The maximum atomic E-state index is 9.24. The van der Waals surface area contributed by atoms with Gasteiger partial charge in [0, 0.05) is 12.0 Å². The van der Waals surface area contributed by atoms with Gasteiger partial charge in [0.25, 0.3) is 0 Å². The monoisotopic (exact) mass is 190 g/mol. The molecule has 3 N–H and O–H groups in total. The number of nitriles is 1. The van der Waals surface area contributed by atoms with Gasteiger partial charge in [-0.2, -0.15) is 5.26 Å². The third-order valence-electron chi connectivity index (χ3n) is 2.49. The summed E-state index contributed by atoms with van der Waals surface area (Å²) in [6.07, 6.45) is 0. The van der Waals surface area contributed by atoms with Crippen molar-refractivity contribution < 1.29 is 5.11 Å². The van der Waals surface area contributed by atoms with Crippen LogP contribution in [0.4, 0.5) is 0 Å². The number of hydrogen-bond acceptors (Lipinski definition) is 3. The molecule has 0 aliphatic heterocycles. The SMILES string of the molecule is CC(CN)(CO)c1cccc(C#N)c1. The van der Waals surface area contributed by atoms with Crippen LogP contribution in [0.1, 0.15) is 18.1 Å². The molecule has 0 heterocycles. The molecule has 1 aromatic carbocycles. The minimum absolute atomic E-state index is 0.0155. The van der Waals surface area contributed by atoms with Crippen LogP contribution in [0.5, 0.6) is 0 Å². The summed E-state index contributed by atoms with van der Waals surface area (Å²) < 4.78 is 0. The van der Waals surface area contributed by atoms with E-state index in [-0.39, 0.29) is 6.61 Å². The first-order chi connectivity index (χ1) is 6.66. The Kier molecular flexibility index (Phi) is 3.23. The number of nitrogens with zero attached hydrogens (tertiary/aromatic N) is 1. The van der Waals surface area contributed by atoms with Crippen LogP contribution >= 0.6 is 0 Å². The van der Waals surface area contributed by atoms with Crippen molar-refractivity contribution in [2.75, 3.05) is 13.2 Å². The van der Waals surface area contributed by atoms with E-state index in [0.29, 0.717) is 12.1 Å². The summed E-state index contributed by atoms with van der Waals surface area (Å²) in [7, 11) is 0. The molecule has 0 aromatic heterocycles. The van der Waals surface area contributed by atoms with Gasteiger partial charge >= 0.3 is 0 Å². The molecule has 1 unspecified atom stereocenters. The quantitative estimate of drug-likeness (QED) is 0.739. The molecule has 0 aliphatic rings. The van der Waals surface area contributed by atoms with Crippen LogP contribution in [0.2, 0.25) is 0 Å². The maximum absolute atomic E-state index is 9.24. The van der Waals surface area contributed by atoms with Crippen molar-refractivity contribution in [1.29, 1.82) is 5.26 Å². The molecular formula is C11H14N2O. The number of hydrogen-bond donors (Lipinski definition) is 2. The second-order valence-electron chi connectivity index (χ2n) is 3.62. The van der Waals surface area contributed by atoms with Gasteiger partial charge in [-0.3, -0.25) is 0 Å². The topological polar surface area (TPSA) is 70.0 Å². The molecule has 1 aromatic rings. The number of rotatable bonds is 3. The van der Waals surface area contributed by atoms with Gasteiger partial charge < -0.3 is 10.8 Å². The standard InChI is InChI=1S/C11H14N2O/c1-11(7-13,8-14)10-4-2-3-9(5-10)6-12/h2-5,14H,7-8,13H2,1H3. The average molecular weight is 190 g/mol. The molecule has 3 nitrogen and oxygen atoms in total. The van der Waals surface area contributed by atoms with Gasteiger partial charge in [0.2, 0.25) is 0 Å². The second kappa shape index (κ2) is 4.23. The summed E-state index contributed by atoms with van der Waals surface area (Å²) in [5, 5.41) is 18.0. The van der Waals surface area contributed by atoms with Crippen molar-refractivity contribution in [3.63, 3.8) is 0 Å². The van der Waals surface area contributed by atoms with E-state index in [0.717, 1.165) is 5.56 Å². The molecule has 0 saturated carbocycles. The number of benzene rings is 1. The van der Waals surface area contributed by atoms with Crippen molar-refractivity contribution in [1.82, 2.24) is 0 Å². The molecule has 0 radical (unpaired) electrons. The highest BCUT2D eigenvalue weighted by Gasteiger charge is 2.23. The summed E-state index contributed by atoms with van der Waals surface area (Å²) in [5.74, 6) is 0. The number of nitrogens with two attached hydrogens (primary N) is 1. The van der Waals surface area contributed by atoms with E-state index in [9.17, 15) is 5.11 Å². The normalized spacial score (nSPS) is 14.4. The van der Waals surface area contributed by atoms with Crippen LogP contribution in [0.15, 0.2) is 24.3 Å². The first-order valence-corrected chi connectivity index (χ1v) is 4.48. The van der Waals surface area contributed by atoms with Crippen molar-refractivity contribution in [3.05, 3.63) is 35.4 Å². The Morgan fingerprint density at radius 2 is 2.29 bits per heavy atom.